The van der Waals surface area contributed by atoms with Crippen molar-refractivity contribution in [2.45, 2.75) is 0 Å². The van der Waals surface area contributed by atoms with Crippen LogP contribution in [0.25, 0.3) is 11.1 Å². The van der Waals surface area contributed by atoms with Crippen LogP contribution in [0.4, 0.5) is 0 Å². The van der Waals surface area contributed by atoms with E-state index in [2.05, 4.69) is 80.8 Å². The van der Waals surface area contributed by atoms with E-state index in [1.807, 2.05) is 12.1 Å². The monoisotopic (exact) mass is 274 g/mol. The van der Waals surface area contributed by atoms with Crippen LogP contribution in [-0.4, -0.2) is 27.0 Å². The maximum Gasteiger partial charge on any atom is 0.135 e. The summed E-state index contributed by atoms with van der Waals surface area (Å²) in [6.45, 7) is 0. The van der Waals surface area contributed by atoms with E-state index in [0.717, 1.165) is 0 Å². The second kappa shape index (κ2) is 9.79. The zero-order valence-electron chi connectivity index (χ0n) is 10.6. The third-order valence-electron chi connectivity index (χ3n) is 2.15. The van der Waals surface area contributed by atoms with Gasteiger partial charge in [0.2, 0.25) is 0 Å². The number of hydrogen-bond donors (Lipinski definition) is 1. The van der Waals surface area contributed by atoms with Gasteiger partial charge in [0.1, 0.15) is 6.33 Å². The first-order chi connectivity index (χ1) is 9.47. The molecule has 0 bridgehead atoms. The number of aromatic amines is 1. The molecule has 0 amide bonds. The van der Waals surface area contributed by atoms with E-state index in [9.17, 15) is 0 Å². The normalized spacial score (nSPS) is 8.53. The molecule has 0 unspecified atom stereocenters. The number of nitrogens with one attached hydrogen (secondary N) is 1. The number of H-pyrrole nitrogens is 1. The van der Waals surface area contributed by atoms with Gasteiger partial charge in [-0.2, -0.15) is 0 Å². The highest BCUT2D eigenvalue weighted by Crippen LogP contribution is 2.17. The Morgan fingerprint density at radius 2 is 1.26 bits per heavy atom. The summed E-state index contributed by atoms with van der Waals surface area (Å²) in [4.78, 5) is 0. The summed E-state index contributed by atoms with van der Waals surface area (Å²) in [7, 11) is 0. The Bertz CT molecular complexity index is 457. The Hall–Kier alpha value is -2.20. The van der Waals surface area contributed by atoms with Crippen molar-refractivity contribution in [1.82, 2.24) is 20.6 Å². The molecule has 4 nitrogen and oxygen atoms in total. The van der Waals surface area contributed by atoms with Gasteiger partial charge < -0.3 is 0 Å². The van der Waals surface area contributed by atoms with Gasteiger partial charge in [0.05, 0.1) is 0 Å². The summed E-state index contributed by atoms with van der Waals surface area (Å²) in [6, 6.07) is 20.8. The summed E-state index contributed by atoms with van der Waals surface area (Å²) >= 11 is 4.64. The predicted octanol–water partition coefficient (Wildman–Crippen LogP) is 3.41. The van der Waals surface area contributed by atoms with Crippen LogP contribution in [0.5, 0.6) is 0 Å². The van der Waals surface area contributed by atoms with E-state index in [-0.39, 0.29) is 0 Å². The molecule has 1 aromatic heterocycles. The van der Waals surface area contributed by atoms with Crippen molar-refractivity contribution < 1.29 is 0 Å². The molecule has 0 radical (unpaired) electrons. The number of hydrogen-bond acceptors (Lipinski definition) is 3. The number of benzene rings is 2. The van der Waals surface area contributed by atoms with E-state index >= 15 is 0 Å². The van der Waals surface area contributed by atoms with Crippen LogP contribution in [0.2, 0.25) is 0 Å². The molecule has 0 saturated heterocycles. The molecule has 0 fully saturated rings. The van der Waals surface area contributed by atoms with Gasteiger partial charge in [-0.15, -0.1) is 16.7 Å². The van der Waals surface area contributed by atoms with Gasteiger partial charge in [0.15, 0.2) is 0 Å². The number of alkyl halides is 1. The highest BCUT2D eigenvalue weighted by Gasteiger charge is 1.91. The minimum Gasteiger partial charge on any atom is -0.246 e. The molecular formula is C14H15ClN4. The first-order valence-corrected chi connectivity index (χ1v) is 6.38. The van der Waals surface area contributed by atoms with Crippen LogP contribution in [0.1, 0.15) is 0 Å². The van der Waals surface area contributed by atoms with E-state index in [1.54, 1.807) is 0 Å². The quantitative estimate of drug-likeness (QED) is 0.692. The maximum atomic E-state index is 4.64. The lowest BCUT2D eigenvalue weighted by atomic mass is 10.1. The van der Waals surface area contributed by atoms with E-state index < -0.39 is 0 Å². The second-order valence-electron chi connectivity index (χ2n) is 3.30. The fourth-order valence-electron chi connectivity index (χ4n) is 1.39. The van der Waals surface area contributed by atoms with Gasteiger partial charge in [-0.05, 0) is 21.6 Å². The number of rotatable bonds is 1. The fraction of sp³-hybridized carbons (Fsp3) is 0.0714. The first-order valence-electron chi connectivity index (χ1n) is 5.62. The molecule has 1 N–H and O–H groups in total. The van der Waals surface area contributed by atoms with Crippen molar-refractivity contribution >= 4 is 11.6 Å². The van der Waals surface area contributed by atoms with Gasteiger partial charge in [-0.1, -0.05) is 60.7 Å². The van der Waals surface area contributed by atoms with Crippen LogP contribution in [-0.2, 0) is 0 Å². The first kappa shape index (κ1) is 14.9. The van der Waals surface area contributed by atoms with E-state index in [4.69, 9.17) is 0 Å². The lowest BCUT2D eigenvalue weighted by Crippen LogP contribution is -1.73. The smallest absolute Gasteiger partial charge is 0.135 e. The molecule has 98 valence electrons. The predicted molar refractivity (Wildman–Crippen MR) is 77.8 cm³/mol. The van der Waals surface area contributed by atoms with Crippen molar-refractivity contribution in [1.29, 1.82) is 0 Å². The number of nitrogens with zero attached hydrogens (tertiary/aromatic N) is 3. The summed E-state index contributed by atoms with van der Waals surface area (Å²) < 4.78 is 0. The molecule has 0 saturated carbocycles. The van der Waals surface area contributed by atoms with Crippen molar-refractivity contribution in [3.05, 3.63) is 67.0 Å². The average molecular weight is 275 g/mol. The third-order valence-corrected chi connectivity index (χ3v) is 2.15. The molecule has 0 aliphatic carbocycles. The molecule has 1 heterocycles. The molecule has 19 heavy (non-hydrogen) atoms. The maximum absolute atomic E-state index is 4.64. The zero-order chi connectivity index (χ0) is 13.8. The Morgan fingerprint density at radius 1 is 0.789 bits per heavy atom. The highest BCUT2D eigenvalue weighted by atomic mass is 35.5. The second-order valence-corrected chi connectivity index (χ2v) is 3.30. The van der Waals surface area contributed by atoms with Crippen LogP contribution in [0, 0.1) is 0 Å². The molecule has 0 spiro atoms. The van der Waals surface area contributed by atoms with Gasteiger partial charge in [0, 0.05) is 6.38 Å². The van der Waals surface area contributed by atoms with Gasteiger partial charge in [-0.25, -0.2) is 5.10 Å². The van der Waals surface area contributed by atoms with Crippen LogP contribution in [0.3, 0.4) is 0 Å². The molecule has 5 heteroatoms. The summed E-state index contributed by atoms with van der Waals surface area (Å²) in [5.74, 6) is 0. The summed E-state index contributed by atoms with van der Waals surface area (Å²) in [6.07, 6.45) is 2.88. The van der Waals surface area contributed by atoms with E-state index in [1.165, 1.54) is 23.8 Å². The van der Waals surface area contributed by atoms with E-state index in [0.29, 0.717) is 0 Å². The SMILES string of the molecule is CCl.c1ccc(-c2ccccc2)cc1.c1nnn[nH]1. The Labute approximate surface area is 117 Å². The van der Waals surface area contributed by atoms with Crippen molar-refractivity contribution in [3.63, 3.8) is 0 Å². The molecule has 0 atom stereocenters. The van der Waals surface area contributed by atoms with Crippen LogP contribution < -0.4 is 0 Å². The van der Waals surface area contributed by atoms with Crippen molar-refractivity contribution in [3.8, 4) is 11.1 Å². The lowest BCUT2D eigenvalue weighted by Gasteiger charge is -1.98. The molecule has 3 aromatic rings. The Kier molecular flexibility index (Phi) is 7.66. The van der Waals surface area contributed by atoms with Crippen molar-refractivity contribution in [2.75, 3.05) is 6.38 Å². The summed E-state index contributed by atoms with van der Waals surface area (Å²) in [5, 5.41) is 12.1. The average Bonchev–Trinajstić information content (AvgIpc) is 3.11. The Morgan fingerprint density at radius 3 is 1.53 bits per heavy atom. The zero-order valence-corrected chi connectivity index (χ0v) is 11.3. The van der Waals surface area contributed by atoms with Gasteiger partial charge in [0.25, 0.3) is 0 Å². The molecule has 0 aliphatic heterocycles. The number of aromatic nitrogens is 4. The number of halogens is 1. The largest absolute Gasteiger partial charge is 0.246 e. The molecular weight excluding hydrogens is 260 g/mol. The highest BCUT2D eigenvalue weighted by molar-refractivity contribution is 6.15. The fourth-order valence-corrected chi connectivity index (χ4v) is 1.39. The van der Waals surface area contributed by atoms with Crippen LogP contribution >= 0.6 is 11.6 Å². The molecule has 2 aromatic carbocycles. The van der Waals surface area contributed by atoms with Crippen LogP contribution in [0.15, 0.2) is 67.0 Å². The van der Waals surface area contributed by atoms with Gasteiger partial charge in [-0.3, -0.25) is 0 Å². The van der Waals surface area contributed by atoms with Crippen molar-refractivity contribution in [2.24, 2.45) is 0 Å². The minimum atomic E-state index is 1.28. The number of tetrazole rings is 1. The lowest BCUT2D eigenvalue weighted by molar-refractivity contribution is 0.881. The minimum absolute atomic E-state index is 1.28. The topological polar surface area (TPSA) is 54.5 Å². The third kappa shape index (κ3) is 5.79. The Balaban J connectivity index is 0.000000216. The molecule has 3 rings (SSSR count). The summed E-state index contributed by atoms with van der Waals surface area (Å²) in [5.41, 5.74) is 2.55. The standard InChI is InChI=1S/C12H10.CH3Cl.CH2N4/c1-3-7-11(8-4-1)12-9-5-2-6-10-12;1-2;1-2-4-5-3-1/h1-10H;1H3;1H,(H,2,3,4,5). The molecule has 0 aliphatic rings. The van der Waals surface area contributed by atoms with Gasteiger partial charge >= 0.3 is 0 Å².